The summed E-state index contributed by atoms with van der Waals surface area (Å²) in [5.74, 6) is -2.10. The molecule has 29 heavy (non-hydrogen) atoms. The van der Waals surface area contributed by atoms with E-state index in [0.29, 0.717) is 18.8 Å². The van der Waals surface area contributed by atoms with Crippen LogP contribution in [0.25, 0.3) is 5.57 Å². The Labute approximate surface area is 168 Å². The van der Waals surface area contributed by atoms with Gasteiger partial charge < -0.3 is 19.3 Å². The predicted molar refractivity (Wildman–Crippen MR) is 104 cm³/mol. The maximum Gasteiger partial charge on any atom is 0.303 e. The van der Waals surface area contributed by atoms with Crippen LogP contribution in [0.1, 0.15) is 31.2 Å². The second-order valence-electron chi connectivity index (χ2n) is 6.49. The maximum absolute atomic E-state index is 14.3. The van der Waals surface area contributed by atoms with Crippen molar-refractivity contribution in [2.24, 2.45) is 0 Å². The summed E-state index contributed by atoms with van der Waals surface area (Å²) >= 11 is 0. The highest BCUT2D eigenvalue weighted by Gasteiger charge is 2.18. The third-order valence-electron chi connectivity index (χ3n) is 4.06. The number of rotatable bonds is 12. The number of hydrogen-bond donors (Lipinski definition) is 1. The molecule has 1 saturated heterocycles. The van der Waals surface area contributed by atoms with Crippen LogP contribution in [-0.4, -0.2) is 48.6 Å². The van der Waals surface area contributed by atoms with Gasteiger partial charge in [0.1, 0.15) is 18.3 Å². The Morgan fingerprint density at radius 2 is 2.24 bits per heavy atom. The molecule has 1 atom stereocenters. The zero-order valence-corrected chi connectivity index (χ0v) is 16.1. The molecule has 0 aromatic carbocycles. The molecule has 2 heterocycles. The van der Waals surface area contributed by atoms with Gasteiger partial charge in [0, 0.05) is 31.4 Å². The van der Waals surface area contributed by atoms with Crippen LogP contribution in [0.15, 0.2) is 48.7 Å². The molecular weight excluding hydrogens is 384 g/mol. The lowest BCUT2D eigenvalue weighted by molar-refractivity contribution is -0.137. The van der Waals surface area contributed by atoms with Crippen LogP contribution >= 0.6 is 0 Å². The second-order valence-corrected chi connectivity index (χ2v) is 6.49. The van der Waals surface area contributed by atoms with Crippen LogP contribution < -0.4 is 4.74 Å². The topological polar surface area (TPSA) is 77.9 Å². The van der Waals surface area contributed by atoms with Gasteiger partial charge in [-0.3, -0.25) is 4.79 Å². The molecule has 1 aromatic rings. The third kappa shape index (κ3) is 8.53. The molecule has 0 radical (unpaired) electrons. The van der Waals surface area contributed by atoms with Gasteiger partial charge in [-0.1, -0.05) is 6.58 Å². The molecule has 0 aliphatic carbocycles. The van der Waals surface area contributed by atoms with E-state index in [1.54, 1.807) is 12.1 Å². The van der Waals surface area contributed by atoms with Gasteiger partial charge >= 0.3 is 5.97 Å². The van der Waals surface area contributed by atoms with Gasteiger partial charge in [-0.05, 0) is 49.1 Å². The molecular formula is C21H25F2NO5. The minimum Gasteiger partial charge on any atom is -0.481 e. The van der Waals surface area contributed by atoms with Crippen molar-refractivity contribution in [2.45, 2.75) is 31.8 Å². The first-order valence-corrected chi connectivity index (χ1v) is 9.37. The molecule has 1 aromatic heterocycles. The summed E-state index contributed by atoms with van der Waals surface area (Å²) in [6, 6.07) is 3.28. The number of aliphatic carboxylic acids is 1. The van der Waals surface area contributed by atoms with Crippen LogP contribution in [0.3, 0.4) is 0 Å². The van der Waals surface area contributed by atoms with Crippen molar-refractivity contribution in [2.75, 3.05) is 26.4 Å². The van der Waals surface area contributed by atoms with Crippen LogP contribution in [0.4, 0.5) is 8.78 Å². The van der Waals surface area contributed by atoms with Gasteiger partial charge in [-0.25, -0.2) is 13.8 Å². The Morgan fingerprint density at radius 3 is 2.93 bits per heavy atom. The van der Waals surface area contributed by atoms with E-state index in [-0.39, 0.29) is 43.6 Å². The SMILES string of the molecule is C=C(F)/C=C(\C=C(\F)COCCCC(=O)O)c1cccnc1OCC1CCCO1. The summed E-state index contributed by atoms with van der Waals surface area (Å²) in [5.41, 5.74) is 0.602. The van der Waals surface area contributed by atoms with E-state index in [1.807, 2.05) is 0 Å². The normalized spacial score (nSPS) is 17.4. The molecule has 1 N–H and O–H groups in total. The van der Waals surface area contributed by atoms with Gasteiger partial charge in [-0.15, -0.1) is 0 Å². The first-order chi connectivity index (χ1) is 14.0. The maximum atomic E-state index is 14.3. The summed E-state index contributed by atoms with van der Waals surface area (Å²) in [6.07, 6.45) is 5.78. The molecule has 1 aliphatic rings. The fourth-order valence-corrected chi connectivity index (χ4v) is 2.74. The van der Waals surface area contributed by atoms with E-state index in [4.69, 9.17) is 19.3 Å². The van der Waals surface area contributed by atoms with Gasteiger partial charge in [0.2, 0.25) is 5.88 Å². The lowest BCUT2D eigenvalue weighted by atomic mass is 10.1. The van der Waals surface area contributed by atoms with Crippen LogP contribution in [0, 0.1) is 0 Å². The number of allylic oxidation sites excluding steroid dienone is 4. The number of carbonyl (C=O) groups is 1. The zero-order valence-electron chi connectivity index (χ0n) is 16.1. The minimum absolute atomic E-state index is 0.0279. The number of pyridine rings is 1. The van der Waals surface area contributed by atoms with Crippen LogP contribution in [0.2, 0.25) is 0 Å². The number of carboxylic acids is 1. The van der Waals surface area contributed by atoms with Crippen molar-refractivity contribution in [3.8, 4) is 5.88 Å². The number of hydrogen-bond acceptors (Lipinski definition) is 5. The van der Waals surface area contributed by atoms with Crippen molar-refractivity contribution < 1.29 is 32.9 Å². The number of aromatic nitrogens is 1. The number of nitrogens with zero attached hydrogens (tertiary/aromatic N) is 1. The van der Waals surface area contributed by atoms with Gasteiger partial charge in [0.05, 0.1) is 12.7 Å². The molecule has 1 fully saturated rings. The Morgan fingerprint density at radius 1 is 1.41 bits per heavy atom. The molecule has 2 rings (SSSR count). The smallest absolute Gasteiger partial charge is 0.303 e. The summed E-state index contributed by atoms with van der Waals surface area (Å²) in [5, 5.41) is 8.57. The van der Waals surface area contributed by atoms with E-state index in [9.17, 15) is 13.6 Å². The highest BCUT2D eigenvalue weighted by atomic mass is 19.1. The Bertz CT molecular complexity index is 757. The van der Waals surface area contributed by atoms with E-state index < -0.39 is 17.6 Å². The average molecular weight is 409 g/mol. The highest BCUT2D eigenvalue weighted by Crippen LogP contribution is 2.28. The summed E-state index contributed by atoms with van der Waals surface area (Å²) < 4.78 is 44.1. The lowest BCUT2D eigenvalue weighted by Gasteiger charge is -2.14. The lowest BCUT2D eigenvalue weighted by Crippen LogP contribution is -2.17. The largest absolute Gasteiger partial charge is 0.481 e. The standard InChI is InChI=1S/C21H25F2NO5/c1-15(22)11-16(12-17(23)13-27-9-4-7-20(25)26)19-6-2-8-24-21(19)29-14-18-5-3-10-28-18/h2,6,8,11-12,18H,1,3-5,7,9-10,13-14H2,(H,25,26)/b16-11+,17-12+. The van der Waals surface area contributed by atoms with Crippen molar-refractivity contribution in [1.29, 1.82) is 0 Å². The first-order valence-electron chi connectivity index (χ1n) is 9.37. The molecule has 1 aliphatic heterocycles. The van der Waals surface area contributed by atoms with Gasteiger partial charge in [0.25, 0.3) is 0 Å². The second kappa shape index (κ2) is 12.1. The van der Waals surface area contributed by atoms with Crippen molar-refractivity contribution in [3.05, 3.63) is 54.3 Å². The van der Waals surface area contributed by atoms with Crippen LogP contribution in [-0.2, 0) is 14.3 Å². The Kier molecular flexibility index (Phi) is 9.46. The molecule has 8 heteroatoms. The van der Waals surface area contributed by atoms with Crippen molar-refractivity contribution >= 4 is 11.5 Å². The Hall–Kier alpha value is -2.58. The highest BCUT2D eigenvalue weighted by molar-refractivity contribution is 5.78. The Balaban J connectivity index is 2.07. The molecule has 6 nitrogen and oxygen atoms in total. The van der Waals surface area contributed by atoms with Gasteiger partial charge in [0.15, 0.2) is 0 Å². The number of halogens is 2. The van der Waals surface area contributed by atoms with Crippen molar-refractivity contribution in [3.63, 3.8) is 0 Å². The summed E-state index contributed by atoms with van der Waals surface area (Å²) in [4.78, 5) is 14.6. The number of ether oxygens (including phenoxy) is 3. The summed E-state index contributed by atoms with van der Waals surface area (Å²) in [6.45, 7) is 3.94. The molecule has 0 spiro atoms. The summed E-state index contributed by atoms with van der Waals surface area (Å²) in [7, 11) is 0. The number of carboxylic acid groups (broad SMARTS) is 1. The van der Waals surface area contributed by atoms with Crippen LogP contribution in [0.5, 0.6) is 5.88 Å². The third-order valence-corrected chi connectivity index (χ3v) is 4.06. The quantitative estimate of drug-likeness (QED) is 0.411. The fraction of sp³-hybridized carbons (Fsp3) is 0.429. The van der Waals surface area contributed by atoms with E-state index in [2.05, 4.69) is 11.6 Å². The molecule has 1 unspecified atom stereocenters. The van der Waals surface area contributed by atoms with E-state index in [1.165, 1.54) is 6.20 Å². The molecule has 0 amide bonds. The van der Waals surface area contributed by atoms with E-state index >= 15 is 0 Å². The first kappa shape index (κ1) is 22.7. The zero-order chi connectivity index (χ0) is 21.1. The molecule has 0 saturated carbocycles. The molecule has 0 bridgehead atoms. The van der Waals surface area contributed by atoms with Crippen molar-refractivity contribution in [1.82, 2.24) is 4.98 Å². The average Bonchev–Trinajstić information content (AvgIpc) is 3.19. The van der Waals surface area contributed by atoms with Gasteiger partial charge in [-0.2, -0.15) is 0 Å². The minimum atomic E-state index is -0.941. The monoisotopic (exact) mass is 409 g/mol. The predicted octanol–water partition coefficient (Wildman–Crippen LogP) is 4.24. The van der Waals surface area contributed by atoms with E-state index in [0.717, 1.165) is 25.0 Å². The fourth-order valence-electron chi connectivity index (χ4n) is 2.74. The molecule has 158 valence electrons.